The molecule has 0 heterocycles. The third kappa shape index (κ3) is 3.99. The van der Waals surface area contributed by atoms with E-state index in [2.05, 4.69) is 19.1 Å². The lowest BCUT2D eigenvalue weighted by Gasteiger charge is -2.10. The Hall–Kier alpha value is -0.560. The van der Waals surface area contributed by atoms with Crippen LogP contribution in [0.2, 0.25) is 0 Å². The summed E-state index contributed by atoms with van der Waals surface area (Å²) in [5.41, 5.74) is 7.15. The van der Waals surface area contributed by atoms with Gasteiger partial charge in [-0.15, -0.1) is 0 Å². The molecule has 0 rings (SSSR count). The topological polar surface area (TPSA) is 26.0 Å². The number of hydrogen-bond acceptors (Lipinski definition) is 1. The maximum Gasteiger partial charge on any atom is 0.0291 e. The highest BCUT2D eigenvalue weighted by Gasteiger charge is 2.02. The summed E-state index contributed by atoms with van der Waals surface area (Å²) < 4.78 is 0. The summed E-state index contributed by atoms with van der Waals surface area (Å²) in [6.45, 7) is 6.20. The van der Waals surface area contributed by atoms with Gasteiger partial charge in [-0.1, -0.05) is 31.6 Å². The van der Waals surface area contributed by atoms with Crippen molar-refractivity contribution in [1.82, 2.24) is 0 Å². The lowest BCUT2D eigenvalue weighted by molar-refractivity contribution is 0.683. The second-order valence-corrected chi connectivity index (χ2v) is 2.68. The molecule has 0 aromatic carbocycles. The average molecular weight is 153 g/mol. The molecule has 0 saturated heterocycles. The Labute approximate surface area is 70.0 Å². The second kappa shape index (κ2) is 6.17. The van der Waals surface area contributed by atoms with Crippen LogP contribution in [0.15, 0.2) is 23.8 Å². The molecular formula is C10H19N. The normalized spacial score (nSPS) is 15.8. The minimum atomic E-state index is 0.223. The quantitative estimate of drug-likeness (QED) is 0.617. The summed E-state index contributed by atoms with van der Waals surface area (Å²) in [7, 11) is 0. The molecule has 0 radical (unpaired) electrons. The standard InChI is InChI=1S/C10H19N/c1-4-7-9(6-3)10(11)8-5-2/h4,6-7,10H,5,8,11H2,1-3H3. The van der Waals surface area contributed by atoms with Crippen LogP contribution >= 0.6 is 0 Å². The second-order valence-electron chi connectivity index (χ2n) is 2.68. The van der Waals surface area contributed by atoms with Crippen molar-refractivity contribution in [3.05, 3.63) is 23.8 Å². The summed E-state index contributed by atoms with van der Waals surface area (Å²) in [6.07, 6.45) is 8.42. The van der Waals surface area contributed by atoms with Gasteiger partial charge in [0, 0.05) is 6.04 Å². The fourth-order valence-electron chi connectivity index (χ4n) is 1.10. The Morgan fingerprint density at radius 3 is 2.45 bits per heavy atom. The number of nitrogens with two attached hydrogens (primary N) is 1. The maximum atomic E-state index is 5.91. The van der Waals surface area contributed by atoms with E-state index in [0.29, 0.717) is 0 Å². The van der Waals surface area contributed by atoms with Gasteiger partial charge in [0.05, 0.1) is 0 Å². The van der Waals surface area contributed by atoms with Crippen molar-refractivity contribution in [2.75, 3.05) is 0 Å². The highest BCUT2D eigenvalue weighted by Crippen LogP contribution is 2.07. The van der Waals surface area contributed by atoms with E-state index in [0.717, 1.165) is 12.8 Å². The third-order valence-corrected chi connectivity index (χ3v) is 1.72. The molecule has 0 aromatic heterocycles. The first-order valence-corrected chi connectivity index (χ1v) is 4.30. The highest BCUT2D eigenvalue weighted by molar-refractivity contribution is 5.22. The lowest BCUT2D eigenvalue weighted by Crippen LogP contribution is -2.21. The number of hydrogen-bond donors (Lipinski definition) is 1. The van der Waals surface area contributed by atoms with Crippen molar-refractivity contribution >= 4 is 0 Å². The van der Waals surface area contributed by atoms with Gasteiger partial charge in [-0.2, -0.15) is 0 Å². The van der Waals surface area contributed by atoms with Crippen molar-refractivity contribution < 1.29 is 0 Å². The first kappa shape index (κ1) is 10.4. The van der Waals surface area contributed by atoms with E-state index in [-0.39, 0.29) is 6.04 Å². The molecule has 2 N–H and O–H groups in total. The summed E-state index contributed by atoms with van der Waals surface area (Å²) in [5, 5.41) is 0. The van der Waals surface area contributed by atoms with Crippen LogP contribution in [-0.4, -0.2) is 6.04 Å². The molecule has 11 heavy (non-hydrogen) atoms. The molecule has 0 aromatic rings. The zero-order chi connectivity index (χ0) is 8.69. The zero-order valence-electron chi connectivity index (χ0n) is 7.80. The van der Waals surface area contributed by atoms with Gasteiger partial charge in [-0.25, -0.2) is 0 Å². The van der Waals surface area contributed by atoms with Gasteiger partial charge >= 0.3 is 0 Å². The van der Waals surface area contributed by atoms with Crippen LogP contribution in [0.25, 0.3) is 0 Å². The number of rotatable bonds is 4. The van der Waals surface area contributed by atoms with E-state index in [9.17, 15) is 0 Å². The Morgan fingerprint density at radius 2 is 2.09 bits per heavy atom. The Kier molecular flexibility index (Phi) is 5.86. The van der Waals surface area contributed by atoms with E-state index in [4.69, 9.17) is 5.73 Å². The summed E-state index contributed by atoms with van der Waals surface area (Å²) in [4.78, 5) is 0. The van der Waals surface area contributed by atoms with Crippen LogP contribution in [0.1, 0.15) is 33.6 Å². The van der Waals surface area contributed by atoms with E-state index in [1.54, 1.807) is 0 Å². The predicted octanol–water partition coefficient (Wildman–Crippen LogP) is 2.64. The Bertz CT molecular complexity index is 145. The molecular weight excluding hydrogens is 134 g/mol. The average Bonchev–Trinajstić information content (AvgIpc) is 2.00. The van der Waals surface area contributed by atoms with E-state index < -0.39 is 0 Å². The van der Waals surface area contributed by atoms with Gasteiger partial charge < -0.3 is 5.73 Å². The summed E-state index contributed by atoms with van der Waals surface area (Å²) >= 11 is 0. The fourth-order valence-corrected chi connectivity index (χ4v) is 1.10. The molecule has 1 heteroatoms. The fraction of sp³-hybridized carbons (Fsp3) is 0.600. The minimum Gasteiger partial charge on any atom is -0.324 e. The summed E-state index contributed by atoms with van der Waals surface area (Å²) in [6, 6.07) is 0.223. The zero-order valence-corrected chi connectivity index (χ0v) is 7.80. The third-order valence-electron chi connectivity index (χ3n) is 1.72. The van der Waals surface area contributed by atoms with Crippen LogP contribution in [0.4, 0.5) is 0 Å². The van der Waals surface area contributed by atoms with Gasteiger partial charge in [0.1, 0.15) is 0 Å². The predicted molar refractivity (Wildman–Crippen MR) is 51.5 cm³/mol. The summed E-state index contributed by atoms with van der Waals surface area (Å²) in [5.74, 6) is 0. The molecule has 0 aliphatic rings. The molecule has 0 saturated carbocycles. The van der Waals surface area contributed by atoms with Crippen LogP contribution in [0.5, 0.6) is 0 Å². The molecule has 0 amide bonds. The van der Waals surface area contributed by atoms with Gasteiger partial charge in [0.2, 0.25) is 0 Å². The first-order chi connectivity index (χ1) is 5.26. The minimum absolute atomic E-state index is 0.223. The SMILES string of the molecule is CC=CC(=CC)C(N)CCC. The molecule has 0 spiro atoms. The molecule has 0 bridgehead atoms. The molecule has 1 nitrogen and oxygen atoms in total. The largest absolute Gasteiger partial charge is 0.324 e. The molecule has 0 fully saturated rings. The first-order valence-electron chi connectivity index (χ1n) is 4.30. The van der Waals surface area contributed by atoms with E-state index >= 15 is 0 Å². The monoisotopic (exact) mass is 153 g/mol. The Balaban J connectivity index is 4.04. The lowest BCUT2D eigenvalue weighted by atomic mass is 10.0. The van der Waals surface area contributed by atoms with Gasteiger partial charge in [-0.3, -0.25) is 0 Å². The number of allylic oxidation sites excluding steroid dienone is 2. The van der Waals surface area contributed by atoms with Crippen LogP contribution in [-0.2, 0) is 0 Å². The molecule has 1 unspecified atom stereocenters. The van der Waals surface area contributed by atoms with Crippen LogP contribution in [0.3, 0.4) is 0 Å². The van der Waals surface area contributed by atoms with Crippen molar-refractivity contribution in [3.63, 3.8) is 0 Å². The van der Waals surface area contributed by atoms with Crippen molar-refractivity contribution in [2.24, 2.45) is 5.73 Å². The van der Waals surface area contributed by atoms with E-state index in [1.165, 1.54) is 5.57 Å². The van der Waals surface area contributed by atoms with Gasteiger partial charge in [0.25, 0.3) is 0 Å². The van der Waals surface area contributed by atoms with Crippen LogP contribution < -0.4 is 5.73 Å². The van der Waals surface area contributed by atoms with Crippen LogP contribution in [0, 0.1) is 0 Å². The van der Waals surface area contributed by atoms with E-state index in [1.807, 2.05) is 19.9 Å². The Morgan fingerprint density at radius 1 is 1.45 bits per heavy atom. The van der Waals surface area contributed by atoms with Crippen molar-refractivity contribution in [1.29, 1.82) is 0 Å². The molecule has 0 aliphatic carbocycles. The smallest absolute Gasteiger partial charge is 0.0291 e. The van der Waals surface area contributed by atoms with Gasteiger partial charge in [-0.05, 0) is 25.8 Å². The molecule has 64 valence electrons. The molecule has 1 atom stereocenters. The highest BCUT2D eigenvalue weighted by atomic mass is 14.6. The van der Waals surface area contributed by atoms with Gasteiger partial charge in [0.15, 0.2) is 0 Å². The van der Waals surface area contributed by atoms with Crippen molar-refractivity contribution in [3.8, 4) is 0 Å². The molecule has 0 aliphatic heterocycles. The van der Waals surface area contributed by atoms with Crippen molar-refractivity contribution in [2.45, 2.75) is 39.7 Å². The maximum absolute atomic E-state index is 5.91.